The molecule has 0 bridgehead atoms. The van der Waals surface area contributed by atoms with E-state index in [1.165, 1.54) is 0 Å². The molecule has 1 heterocycles. The molecule has 0 saturated carbocycles. The number of hydrogen-bond donors (Lipinski definition) is 3. The molecule has 0 aliphatic heterocycles. The molecule has 0 spiro atoms. The van der Waals surface area contributed by atoms with Gasteiger partial charge in [-0.2, -0.15) is 0 Å². The molecule has 8 heteroatoms. The Balaban J connectivity index is 2.88. The van der Waals surface area contributed by atoms with E-state index in [4.69, 9.17) is 14.6 Å². The molecule has 1 aromatic rings. The zero-order valence-electron chi connectivity index (χ0n) is 9.79. The fraction of sp³-hybridized carbons (Fsp3) is 0.500. The molecule has 1 atom stereocenters. The Bertz CT molecular complexity index is 506. The molecule has 18 heavy (non-hydrogen) atoms. The van der Waals surface area contributed by atoms with E-state index in [1.54, 1.807) is 6.92 Å². The molecule has 0 aromatic carbocycles. The first kappa shape index (κ1) is 14.7. The Morgan fingerprint density at radius 2 is 2.17 bits per heavy atom. The van der Waals surface area contributed by atoms with Gasteiger partial charge in [0.1, 0.15) is 0 Å². The highest BCUT2D eigenvalue weighted by molar-refractivity contribution is 7.89. The van der Waals surface area contributed by atoms with Gasteiger partial charge in [-0.1, -0.05) is 6.92 Å². The third-order valence-corrected chi connectivity index (χ3v) is 3.74. The topological polar surface area (TPSA) is 117 Å². The lowest BCUT2D eigenvalue weighted by Gasteiger charge is -2.14. The van der Waals surface area contributed by atoms with Gasteiger partial charge in [0.25, 0.3) is 10.0 Å². The van der Waals surface area contributed by atoms with Gasteiger partial charge in [0.05, 0.1) is 0 Å². The normalized spacial score (nSPS) is 13.4. The number of aromatic carboxylic acids is 1. The van der Waals surface area contributed by atoms with E-state index in [-0.39, 0.29) is 13.0 Å². The van der Waals surface area contributed by atoms with Crippen molar-refractivity contribution < 1.29 is 27.8 Å². The molecule has 3 N–H and O–H groups in total. The van der Waals surface area contributed by atoms with Crippen molar-refractivity contribution in [3.63, 3.8) is 0 Å². The molecule has 0 amide bonds. The first-order chi connectivity index (χ1) is 8.40. The fourth-order valence-corrected chi connectivity index (χ4v) is 2.65. The monoisotopic (exact) mass is 277 g/mol. The summed E-state index contributed by atoms with van der Waals surface area (Å²) >= 11 is 0. The number of aliphatic hydroxyl groups is 1. The number of carboxylic acid groups (broad SMARTS) is 1. The van der Waals surface area contributed by atoms with Gasteiger partial charge in [-0.3, -0.25) is 0 Å². The largest absolute Gasteiger partial charge is 0.475 e. The number of sulfonamides is 1. The molecule has 1 unspecified atom stereocenters. The van der Waals surface area contributed by atoms with Gasteiger partial charge >= 0.3 is 5.97 Å². The van der Waals surface area contributed by atoms with Crippen LogP contribution in [0.15, 0.2) is 21.6 Å². The van der Waals surface area contributed by atoms with Gasteiger partial charge < -0.3 is 14.6 Å². The van der Waals surface area contributed by atoms with Crippen LogP contribution in [0.2, 0.25) is 0 Å². The average Bonchev–Trinajstić information content (AvgIpc) is 2.78. The second-order valence-corrected chi connectivity index (χ2v) is 5.31. The summed E-state index contributed by atoms with van der Waals surface area (Å²) in [5.41, 5.74) is 0. The smallest absolute Gasteiger partial charge is 0.371 e. The highest BCUT2D eigenvalue weighted by Gasteiger charge is 2.23. The lowest BCUT2D eigenvalue weighted by atomic mass is 10.2. The highest BCUT2D eigenvalue weighted by Crippen LogP contribution is 2.15. The zero-order valence-corrected chi connectivity index (χ0v) is 10.6. The molecule has 1 aromatic heterocycles. The molecule has 1 rings (SSSR count). The van der Waals surface area contributed by atoms with E-state index >= 15 is 0 Å². The molecule has 102 valence electrons. The maximum Gasteiger partial charge on any atom is 0.371 e. The predicted molar refractivity (Wildman–Crippen MR) is 61.8 cm³/mol. The van der Waals surface area contributed by atoms with Crippen molar-refractivity contribution in [2.24, 2.45) is 0 Å². The van der Waals surface area contributed by atoms with Crippen molar-refractivity contribution in [2.75, 3.05) is 6.61 Å². The standard InChI is InChI=1S/C10H15NO6S/c1-2-7(5-6-12)11-18(15,16)9-4-3-8(17-9)10(13)14/h3-4,7,11-12H,2,5-6H2,1H3,(H,13,14). The molecule has 7 nitrogen and oxygen atoms in total. The van der Waals surface area contributed by atoms with E-state index in [1.807, 2.05) is 0 Å². The van der Waals surface area contributed by atoms with Crippen LogP contribution in [0.4, 0.5) is 0 Å². The number of rotatable bonds is 7. The number of aliphatic hydroxyl groups excluding tert-OH is 1. The van der Waals surface area contributed by atoms with Crippen LogP contribution in [0.5, 0.6) is 0 Å². The summed E-state index contributed by atoms with van der Waals surface area (Å²) in [7, 11) is -3.90. The van der Waals surface area contributed by atoms with Gasteiger partial charge in [0.2, 0.25) is 10.9 Å². The first-order valence-electron chi connectivity index (χ1n) is 5.37. The van der Waals surface area contributed by atoms with Crippen LogP contribution in [0, 0.1) is 0 Å². The fourth-order valence-electron chi connectivity index (χ4n) is 1.36. The minimum Gasteiger partial charge on any atom is -0.475 e. The van der Waals surface area contributed by atoms with Crippen molar-refractivity contribution >= 4 is 16.0 Å². The lowest BCUT2D eigenvalue weighted by molar-refractivity contribution is 0.0656. The summed E-state index contributed by atoms with van der Waals surface area (Å²) in [4.78, 5) is 10.6. The van der Waals surface area contributed by atoms with Crippen LogP contribution in [-0.4, -0.2) is 37.2 Å². The number of carboxylic acids is 1. The van der Waals surface area contributed by atoms with Gasteiger partial charge in [-0.05, 0) is 25.0 Å². The minimum atomic E-state index is -3.90. The minimum absolute atomic E-state index is 0.139. The summed E-state index contributed by atoms with van der Waals surface area (Å²) < 4.78 is 30.7. The molecule has 0 aliphatic rings. The Labute approximate surface area is 104 Å². The van der Waals surface area contributed by atoms with Crippen LogP contribution >= 0.6 is 0 Å². The highest BCUT2D eigenvalue weighted by atomic mass is 32.2. The van der Waals surface area contributed by atoms with E-state index in [2.05, 4.69) is 4.72 Å². The van der Waals surface area contributed by atoms with Crippen LogP contribution in [-0.2, 0) is 10.0 Å². The summed E-state index contributed by atoms with van der Waals surface area (Å²) in [6.45, 7) is 1.63. The summed E-state index contributed by atoms with van der Waals surface area (Å²) in [6.07, 6.45) is 0.786. The first-order valence-corrected chi connectivity index (χ1v) is 6.85. The molecule has 0 fully saturated rings. The Morgan fingerprint density at radius 1 is 1.50 bits per heavy atom. The van der Waals surface area contributed by atoms with E-state index in [0.29, 0.717) is 6.42 Å². The Morgan fingerprint density at radius 3 is 2.61 bits per heavy atom. The van der Waals surface area contributed by atoms with Crippen molar-refractivity contribution in [3.05, 3.63) is 17.9 Å². The SMILES string of the molecule is CCC(CCO)NS(=O)(=O)c1ccc(C(=O)O)o1. The van der Waals surface area contributed by atoms with E-state index in [0.717, 1.165) is 12.1 Å². The number of hydrogen-bond acceptors (Lipinski definition) is 5. The van der Waals surface area contributed by atoms with E-state index in [9.17, 15) is 13.2 Å². The maximum absolute atomic E-state index is 11.8. The lowest BCUT2D eigenvalue weighted by Crippen LogP contribution is -2.34. The maximum atomic E-state index is 11.8. The predicted octanol–water partition coefficient (Wildman–Crippen LogP) is 0.417. The zero-order chi connectivity index (χ0) is 13.8. The van der Waals surface area contributed by atoms with Gasteiger partial charge in [0, 0.05) is 12.6 Å². The number of carbonyl (C=O) groups is 1. The molecule has 0 saturated heterocycles. The van der Waals surface area contributed by atoms with Crippen LogP contribution in [0.1, 0.15) is 30.3 Å². The van der Waals surface area contributed by atoms with Crippen molar-refractivity contribution in [3.8, 4) is 0 Å². The molecular formula is C10H15NO6S. The number of furan rings is 1. The third kappa shape index (κ3) is 3.56. The Kier molecular flexibility index (Phi) is 4.88. The summed E-state index contributed by atoms with van der Waals surface area (Å²) in [6, 6.07) is 1.74. The van der Waals surface area contributed by atoms with Gasteiger partial charge in [0.15, 0.2) is 0 Å². The summed E-state index contributed by atoms with van der Waals surface area (Å²) in [5, 5.41) is 17.0. The van der Waals surface area contributed by atoms with Crippen molar-refractivity contribution in [2.45, 2.75) is 30.9 Å². The average molecular weight is 277 g/mol. The second-order valence-electron chi connectivity index (χ2n) is 3.66. The molecular weight excluding hydrogens is 262 g/mol. The number of nitrogens with one attached hydrogen (secondary N) is 1. The molecule has 0 radical (unpaired) electrons. The Hall–Kier alpha value is -1.38. The van der Waals surface area contributed by atoms with E-state index < -0.39 is 32.9 Å². The quantitative estimate of drug-likeness (QED) is 0.665. The van der Waals surface area contributed by atoms with Crippen LogP contribution < -0.4 is 4.72 Å². The van der Waals surface area contributed by atoms with Crippen molar-refractivity contribution in [1.82, 2.24) is 4.72 Å². The van der Waals surface area contributed by atoms with Gasteiger partial charge in [-0.15, -0.1) is 0 Å². The second kappa shape index (κ2) is 5.98. The molecule has 0 aliphatic carbocycles. The summed E-state index contributed by atoms with van der Waals surface area (Å²) in [5.74, 6) is -1.77. The van der Waals surface area contributed by atoms with Crippen LogP contribution in [0.25, 0.3) is 0 Å². The third-order valence-electron chi connectivity index (χ3n) is 2.35. The van der Waals surface area contributed by atoms with Crippen LogP contribution in [0.3, 0.4) is 0 Å². The van der Waals surface area contributed by atoms with Gasteiger partial charge in [-0.25, -0.2) is 17.9 Å². The van der Waals surface area contributed by atoms with Crippen molar-refractivity contribution in [1.29, 1.82) is 0 Å².